The maximum absolute atomic E-state index is 6.03. The molecule has 1 aromatic carbocycles. The molecule has 2 rings (SSSR count). The van der Waals surface area contributed by atoms with Crippen molar-refractivity contribution in [3.8, 4) is 0 Å². The van der Waals surface area contributed by atoms with Gasteiger partial charge in [0.2, 0.25) is 0 Å². The zero-order valence-corrected chi connectivity index (χ0v) is 12.7. The number of fused-ring (bicyclic) bond motifs is 1. The van der Waals surface area contributed by atoms with Crippen molar-refractivity contribution >= 4 is 28.5 Å². The van der Waals surface area contributed by atoms with Gasteiger partial charge in [-0.2, -0.15) is 0 Å². The molecule has 20 heavy (non-hydrogen) atoms. The van der Waals surface area contributed by atoms with E-state index in [2.05, 4.69) is 29.1 Å². The molecule has 0 aliphatic rings. The molecule has 0 radical (unpaired) electrons. The fraction of sp³-hybridized carbons (Fsp3) is 0.400. The topological polar surface area (TPSA) is 66.2 Å². The lowest BCUT2D eigenvalue weighted by Crippen LogP contribution is -2.38. The predicted molar refractivity (Wildman–Crippen MR) is 86.4 cm³/mol. The Morgan fingerprint density at radius 1 is 1.50 bits per heavy atom. The predicted octanol–water partition coefficient (Wildman–Crippen LogP) is 3.07. The second kappa shape index (κ2) is 6.66. The molecule has 2 aromatic rings. The van der Waals surface area contributed by atoms with Crippen molar-refractivity contribution in [1.29, 1.82) is 0 Å². The smallest absolute Gasteiger partial charge is 0.188 e. The van der Waals surface area contributed by atoms with Crippen molar-refractivity contribution in [2.75, 3.05) is 6.54 Å². The zero-order valence-electron chi connectivity index (χ0n) is 11.9. The summed E-state index contributed by atoms with van der Waals surface area (Å²) in [6.07, 6.45) is 3.87. The van der Waals surface area contributed by atoms with Crippen LogP contribution < -0.4 is 11.1 Å². The van der Waals surface area contributed by atoms with Crippen LogP contribution in [0.25, 0.3) is 10.9 Å². The van der Waals surface area contributed by atoms with E-state index in [0.29, 0.717) is 18.5 Å². The molecule has 4 nitrogen and oxygen atoms in total. The summed E-state index contributed by atoms with van der Waals surface area (Å²) in [6.45, 7) is 4.86. The lowest BCUT2D eigenvalue weighted by Gasteiger charge is -2.11. The average molecular weight is 293 g/mol. The molecule has 0 aliphatic carbocycles. The van der Waals surface area contributed by atoms with Crippen LogP contribution in [0, 0.1) is 0 Å². The standard InChI is InChI=1S/C15H21ClN4/c1-3-10(2)20-15(17)18-7-6-11-9-19-14-5-4-12(16)8-13(11)14/h4-5,8-10,19H,3,6-7H2,1-2H3,(H3,17,18,20). The molecule has 1 aromatic heterocycles. The van der Waals surface area contributed by atoms with Crippen molar-refractivity contribution in [1.82, 2.24) is 10.3 Å². The Bertz CT molecular complexity index is 603. The molecule has 0 fully saturated rings. The van der Waals surface area contributed by atoms with Gasteiger partial charge in [0.05, 0.1) is 0 Å². The van der Waals surface area contributed by atoms with Gasteiger partial charge >= 0.3 is 0 Å². The largest absolute Gasteiger partial charge is 0.370 e. The number of aliphatic imine (C=N–C) groups is 1. The van der Waals surface area contributed by atoms with E-state index in [4.69, 9.17) is 17.3 Å². The van der Waals surface area contributed by atoms with E-state index in [1.165, 1.54) is 5.56 Å². The van der Waals surface area contributed by atoms with Gasteiger partial charge in [-0.05, 0) is 43.5 Å². The lowest BCUT2D eigenvalue weighted by atomic mass is 10.1. The van der Waals surface area contributed by atoms with Crippen molar-refractivity contribution in [2.45, 2.75) is 32.7 Å². The van der Waals surface area contributed by atoms with Gasteiger partial charge in [0, 0.05) is 34.7 Å². The van der Waals surface area contributed by atoms with Crippen LogP contribution in [0.5, 0.6) is 0 Å². The first-order valence-corrected chi connectivity index (χ1v) is 7.30. The molecule has 4 N–H and O–H groups in total. The molecule has 0 aliphatic heterocycles. The molecular weight excluding hydrogens is 272 g/mol. The SMILES string of the molecule is CCC(C)NC(N)=NCCc1c[nH]c2ccc(Cl)cc12. The van der Waals surface area contributed by atoms with Crippen molar-refractivity contribution in [3.05, 3.63) is 35.0 Å². The Balaban J connectivity index is 1.99. The first-order valence-electron chi connectivity index (χ1n) is 6.92. The number of H-pyrrole nitrogens is 1. The number of nitrogens with two attached hydrogens (primary N) is 1. The van der Waals surface area contributed by atoms with Crippen LogP contribution in [0.15, 0.2) is 29.4 Å². The third kappa shape index (κ3) is 3.67. The summed E-state index contributed by atoms with van der Waals surface area (Å²) in [5.74, 6) is 0.511. The van der Waals surface area contributed by atoms with E-state index in [1.807, 2.05) is 24.4 Å². The maximum atomic E-state index is 6.03. The van der Waals surface area contributed by atoms with E-state index in [9.17, 15) is 0 Å². The first kappa shape index (κ1) is 14.7. The Morgan fingerprint density at radius 2 is 2.30 bits per heavy atom. The number of benzene rings is 1. The first-order chi connectivity index (χ1) is 9.60. The van der Waals surface area contributed by atoms with E-state index >= 15 is 0 Å². The summed E-state index contributed by atoms with van der Waals surface area (Å²) in [5.41, 5.74) is 8.14. The van der Waals surface area contributed by atoms with E-state index in [0.717, 1.165) is 28.8 Å². The molecule has 1 heterocycles. The van der Waals surface area contributed by atoms with Crippen molar-refractivity contribution < 1.29 is 0 Å². The van der Waals surface area contributed by atoms with Gasteiger partial charge in [-0.3, -0.25) is 4.99 Å². The molecule has 108 valence electrons. The Kier molecular flexibility index (Phi) is 4.90. The van der Waals surface area contributed by atoms with Gasteiger partial charge in [-0.25, -0.2) is 0 Å². The summed E-state index contributed by atoms with van der Waals surface area (Å²) in [4.78, 5) is 7.59. The molecule has 0 bridgehead atoms. The number of nitrogens with zero attached hydrogens (tertiary/aromatic N) is 1. The van der Waals surface area contributed by atoms with Gasteiger partial charge in [0.25, 0.3) is 0 Å². The van der Waals surface area contributed by atoms with Gasteiger partial charge in [-0.1, -0.05) is 18.5 Å². The summed E-state index contributed by atoms with van der Waals surface area (Å²) in [5, 5.41) is 5.06. The molecule has 0 saturated heterocycles. The Morgan fingerprint density at radius 3 is 3.05 bits per heavy atom. The number of aromatic amines is 1. The van der Waals surface area contributed by atoms with Crippen LogP contribution in [0.4, 0.5) is 0 Å². The summed E-state index contributed by atoms with van der Waals surface area (Å²) >= 11 is 6.03. The number of aromatic nitrogens is 1. The second-order valence-electron chi connectivity index (χ2n) is 4.97. The van der Waals surface area contributed by atoms with Crippen LogP contribution in [0.2, 0.25) is 5.02 Å². The van der Waals surface area contributed by atoms with Gasteiger partial charge in [0.15, 0.2) is 5.96 Å². The molecule has 0 amide bonds. The van der Waals surface area contributed by atoms with E-state index in [-0.39, 0.29) is 0 Å². The average Bonchev–Trinajstić information content (AvgIpc) is 2.81. The second-order valence-corrected chi connectivity index (χ2v) is 5.41. The highest BCUT2D eigenvalue weighted by molar-refractivity contribution is 6.31. The summed E-state index contributed by atoms with van der Waals surface area (Å²) in [6, 6.07) is 6.21. The maximum Gasteiger partial charge on any atom is 0.188 e. The number of guanidine groups is 1. The molecule has 0 spiro atoms. The van der Waals surface area contributed by atoms with Crippen molar-refractivity contribution in [2.24, 2.45) is 10.7 Å². The molecule has 5 heteroatoms. The van der Waals surface area contributed by atoms with Crippen molar-refractivity contribution in [3.63, 3.8) is 0 Å². The Hall–Kier alpha value is -1.68. The number of hydrogen-bond acceptors (Lipinski definition) is 1. The molecule has 1 atom stereocenters. The molecule has 0 saturated carbocycles. The monoisotopic (exact) mass is 292 g/mol. The van der Waals surface area contributed by atoms with E-state index in [1.54, 1.807) is 0 Å². The van der Waals surface area contributed by atoms with Crippen LogP contribution in [0.1, 0.15) is 25.8 Å². The summed E-state index contributed by atoms with van der Waals surface area (Å²) in [7, 11) is 0. The van der Waals surface area contributed by atoms with Gasteiger partial charge < -0.3 is 16.0 Å². The summed E-state index contributed by atoms with van der Waals surface area (Å²) < 4.78 is 0. The minimum absolute atomic E-state index is 0.352. The number of hydrogen-bond donors (Lipinski definition) is 3. The minimum atomic E-state index is 0.352. The fourth-order valence-corrected chi connectivity index (χ4v) is 2.23. The highest BCUT2D eigenvalue weighted by Crippen LogP contribution is 2.22. The lowest BCUT2D eigenvalue weighted by molar-refractivity contribution is 0.636. The van der Waals surface area contributed by atoms with Crippen LogP contribution in [-0.4, -0.2) is 23.5 Å². The van der Waals surface area contributed by atoms with Gasteiger partial charge in [0.1, 0.15) is 0 Å². The quantitative estimate of drug-likeness (QED) is 0.586. The number of halogens is 1. The minimum Gasteiger partial charge on any atom is -0.370 e. The van der Waals surface area contributed by atoms with Crippen LogP contribution in [-0.2, 0) is 6.42 Å². The zero-order chi connectivity index (χ0) is 14.5. The van der Waals surface area contributed by atoms with Crippen LogP contribution >= 0.6 is 11.6 Å². The third-order valence-electron chi connectivity index (χ3n) is 3.40. The van der Waals surface area contributed by atoms with E-state index < -0.39 is 0 Å². The highest BCUT2D eigenvalue weighted by atomic mass is 35.5. The third-order valence-corrected chi connectivity index (χ3v) is 3.63. The van der Waals surface area contributed by atoms with Gasteiger partial charge in [-0.15, -0.1) is 0 Å². The number of nitrogens with one attached hydrogen (secondary N) is 2. The fourth-order valence-electron chi connectivity index (χ4n) is 2.05. The Labute approximate surface area is 124 Å². The normalized spacial score (nSPS) is 13.7. The van der Waals surface area contributed by atoms with Crippen LogP contribution in [0.3, 0.4) is 0 Å². The number of rotatable bonds is 5. The molecular formula is C15H21ClN4. The molecule has 1 unspecified atom stereocenters. The highest BCUT2D eigenvalue weighted by Gasteiger charge is 2.04.